The van der Waals surface area contributed by atoms with Gasteiger partial charge in [0, 0.05) is 29.2 Å². The van der Waals surface area contributed by atoms with E-state index in [0.717, 1.165) is 25.7 Å². The number of carbonyl (C=O) groups is 1. The van der Waals surface area contributed by atoms with E-state index in [1.54, 1.807) is 23.1 Å². The molecule has 0 aromatic heterocycles. The SMILES string of the molecule is C=CCN1c2ccc(Cl)cc2C(c2ccccc2)=C(C(=O)N2CCCCCC2)S1(=O)=O. The van der Waals surface area contributed by atoms with Crippen molar-refractivity contribution in [3.05, 3.63) is 82.2 Å². The Morgan fingerprint density at radius 1 is 1.03 bits per heavy atom. The molecule has 0 bridgehead atoms. The molecule has 0 atom stereocenters. The lowest BCUT2D eigenvalue weighted by Crippen LogP contribution is -2.43. The van der Waals surface area contributed by atoms with Crippen LogP contribution in [0.2, 0.25) is 5.02 Å². The van der Waals surface area contributed by atoms with Gasteiger partial charge in [-0.25, -0.2) is 8.42 Å². The average molecular weight is 457 g/mol. The van der Waals surface area contributed by atoms with Crippen LogP contribution in [0.1, 0.15) is 36.8 Å². The lowest BCUT2D eigenvalue weighted by Gasteiger charge is -2.34. The molecule has 0 aliphatic carbocycles. The Morgan fingerprint density at radius 2 is 1.71 bits per heavy atom. The van der Waals surface area contributed by atoms with Crippen LogP contribution >= 0.6 is 11.6 Å². The quantitative estimate of drug-likeness (QED) is 0.618. The molecule has 2 aromatic rings. The van der Waals surface area contributed by atoms with E-state index in [1.807, 2.05) is 30.3 Å². The summed E-state index contributed by atoms with van der Waals surface area (Å²) in [5, 5.41) is 0.478. The maximum Gasteiger partial charge on any atom is 0.270 e. The molecule has 2 aliphatic heterocycles. The van der Waals surface area contributed by atoms with Crippen LogP contribution in [0.15, 0.2) is 66.1 Å². The summed E-state index contributed by atoms with van der Waals surface area (Å²) in [7, 11) is -4.10. The Hall–Kier alpha value is -2.57. The highest BCUT2D eigenvalue weighted by Gasteiger charge is 2.42. The maximum absolute atomic E-state index is 13.8. The summed E-state index contributed by atoms with van der Waals surface area (Å²) in [6.07, 6.45) is 5.36. The lowest BCUT2D eigenvalue weighted by atomic mass is 9.95. The number of hydrogen-bond donors (Lipinski definition) is 0. The first-order valence-corrected chi connectivity index (χ1v) is 12.3. The second-order valence-electron chi connectivity index (χ2n) is 7.76. The van der Waals surface area contributed by atoms with Gasteiger partial charge in [-0.3, -0.25) is 9.10 Å². The number of carbonyl (C=O) groups excluding carboxylic acids is 1. The van der Waals surface area contributed by atoms with E-state index in [2.05, 4.69) is 6.58 Å². The van der Waals surface area contributed by atoms with E-state index in [4.69, 9.17) is 11.6 Å². The van der Waals surface area contributed by atoms with Gasteiger partial charge >= 0.3 is 0 Å². The molecule has 162 valence electrons. The number of likely N-dealkylation sites (tertiary alicyclic amines) is 1. The molecule has 5 nitrogen and oxygen atoms in total. The summed E-state index contributed by atoms with van der Waals surface area (Å²) in [6.45, 7) is 4.90. The summed E-state index contributed by atoms with van der Waals surface area (Å²) in [6, 6.07) is 14.3. The Kier molecular flexibility index (Phi) is 6.21. The van der Waals surface area contributed by atoms with Crippen LogP contribution in [-0.2, 0) is 14.8 Å². The molecule has 4 rings (SSSR count). The topological polar surface area (TPSA) is 57.7 Å². The third kappa shape index (κ3) is 4.02. The maximum atomic E-state index is 13.8. The number of fused-ring (bicyclic) bond motifs is 1. The van der Waals surface area contributed by atoms with Gasteiger partial charge in [0.05, 0.1) is 12.2 Å². The van der Waals surface area contributed by atoms with E-state index in [1.165, 1.54) is 10.4 Å². The molecule has 2 aromatic carbocycles. The molecule has 31 heavy (non-hydrogen) atoms. The van der Waals surface area contributed by atoms with Crippen molar-refractivity contribution in [3.8, 4) is 0 Å². The minimum atomic E-state index is -4.10. The molecule has 2 heterocycles. The largest absolute Gasteiger partial charge is 0.338 e. The first-order valence-electron chi connectivity index (χ1n) is 10.5. The molecular weight excluding hydrogens is 432 g/mol. The van der Waals surface area contributed by atoms with Crippen molar-refractivity contribution in [3.63, 3.8) is 0 Å². The highest BCUT2D eigenvalue weighted by Crippen LogP contribution is 2.44. The minimum Gasteiger partial charge on any atom is -0.338 e. The summed E-state index contributed by atoms with van der Waals surface area (Å²) in [4.78, 5) is 15.3. The molecule has 1 fully saturated rings. The molecule has 1 saturated heterocycles. The number of rotatable bonds is 4. The van der Waals surface area contributed by atoms with Crippen molar-refractivity contribution in [1.82, 2.24) is 4.90 Å². The Morgan fingerprint density at radius 3 is 2.35 bits per heavy atom. The summed E-state index contributed by atoms with van der Waals surface area (Å²) in [5.74, 6) is -0.444. The molecule has 0 radical (unpaired) electrons. The van der Waals surface area contributed by atoms with Gasteiger partial charge in [-0.15, -0.1) is 6.58 Å². The smallest absolute Gasteiger partial charge is 0.270 e. The van der Waals surface area contributed by atoms with Gasteiger partial charge < -0.3 is 4.90 Å². The number of halogens is 1. The van der Waals surface area contributed by atoms with E-state index >= 15 is 0 Å². The fourth-order valence-corrected chi connectivity index (χ4v) is 6.20. The first kappa shape index (κ1) is 21.7. The monoisotopic (exact) mass is 456 g/mol. The highest BCUT2D eigenvalue weighted by molar-refractivity contribution is 7.97. The molecule has 0 saturated carbocycles. The second kappa shape index (κ2) is 8.89. The van der Waals surface area contributed by atoms with Crippen LogP contribution in [0.4, 0.5) is 5.69 Å². The number of nitrogens with zero attached hydrogens (tertiary/aromatic N) is 2. The number of hydrogen-bond acceptors (Lipinski definition) is 3. The van der Waals surface area contributed by atoms with Crippen LogP contribution in [-0.4, -0.2) is 38.9 Å². The third-order valence-corrected chi connectivity index (χ3v) is 7.77. The zero-order valence-electron chi connectivity index (χ0n) is 17.3. The zero-order valence-corrected chi connectivity index (χ0v) is 18.8. The van der Waals surface area contributed by atoms with Gasteiger partial charge in [0.1, 0.15) is 0 Å². The van der Waals surface area contributed by atoms with E-state index in [9.17, 15) is 13.2 Å². The van der Waals surface area contributed by atoms with Gasteiger partial charge in [-0.2, -0.15) is 0 Å². The normalized spacial score (nSPS) is 18.4. The summed E-state index contributed by atoms with van der Waals surface area (Å²) < 4.78 is 28.9. The van der Waals surface area contributed by atoms with Crippen LogP contribution in [0, 0.1) is 0 Å². The molecule has 1 amide bonds. The third-order valence-electron chi connectivity index (χ3n) is 5.72. The fourth-order valence-electron chi connectivity index (χ4n) is 4.26. The minimum absolute atomic E-state index is 0.0653. The van der Waals surface area contributed by atoms with Crippen molar-refractivity contribution in [2.24, 2.45) is 0 Å². The van der Waals surface area contributed by atoms with Gasteiger partial charge in [0.15, 0.2) is 4.91 Å². The van der Waals surface area contributed by atoms with Gasteiger partial charge in [-0.1, -0.05) is 60.9 Å². The first-order chi connectivity index (χ1) is 14.9. The molecule has 0 unspecified atom stereocenters. The molecule has 0 N–H and O–H groups in total. The van der Waals surface area contributed by atoms with E-state index in [-0.39, 0.29) is 11.4 Å². The molecular formula is C24H25ClN2O3S. The van der Waals surface area contributed by atoms with Crippen LogP contribution in [0.3, 0.4) is 0 Å². The van der Waals surface area contributed by atoms with Gasteiger partial charge in [0.25, 0.3) is 15.9 Å². The van der Waals surface area contributed by atoms with Crippen molar-refractivity contribution in [2.75, 3.05) is 23.9 Å². The average Bonchev–Trinajstić information content (AvgIpc) is 3.05. The Balaban J connectivity index is 2.02. The number of sulfonamides is 1. The summed E-state index contributed by atoms with van der Waals surface area (Å²) >= 11 is 6.32. The van der Waals surface area contributed by atoms with Gasteiger partial charge in [0.2, 0.25) is 0 Å². The fraction of sp³-hybridized carbons (Fsp3) is 0.292. The van der Waals surface area contributed by atoms with E-state index in [0.29, 0.717) is 40.5 Å². The van der Waals surface area contributed by atoms with Gasteiger partial charge in [-0.05, 0) is 36.6 Å². The predicted molar refractivity (Wildman–Crippen MR) is 125 cm³/mol. The zero-order chi connectivity index (χ0) is 22.0. The van der Waals surface area contributed by atoms with Crippen molar-refractivity contribution >= 4 is 38.8 Å². The van der Waals surface area contributed by atoms with Crippen LogP contribution in [0.5, 0.6) is 0 Å². The standard InChI is InChI=1S/C24H25ClN2O3S/c1-2-14-27-21-13-12-19(25)17-20(21)22(18-10-6-5-7-11-18)23(31(27,29)30)24(28)26-15-8-3-4-9-16-26/h2,5-7,10-13,17H,1,3-4,8-9,14-16H2. The lowest BCUT2D eigenvalue weighted by molar-refractivity contribution is -0.126. The van der Waals surface area contributed by atoms with Crippen LogP contribution < -0.4 is 4.31 Å². The van der Waals surface area contributed by atoms with Crippen molar-refractivity contribution in [1.29, 1.82) is 0 Å². The predicted octanol–water partition coefficient (Wildman–Crippen LogP) is 4.84. The number of benzene rings is 2. The Labute approximate surface area is 188 Å². The van der Waals surface area contributed by atoms with E-state index < -0.39 is 15.9 Å². The molecule has 2 aliphatic rings. The number of anilines is 1. The Bertz CT molecular complexity index is 1130. The van der Waals surface area contributed by atoms with Crippen molar-refractivity contribution < 1.29 is 13.2 Å². The molecule has 7 heteroatoms. The van der Waals surface area contributed by atoms with Crippen molar-refractivity contribution in [2.45, 2.75) is 25.7 Å². The highest BCUT2D eigenvalue weighted by atomic mass is 35.5. The van der Waals surface area contributed by atoms with Crippen LogP contribution in [0.25, 0.3) is 5.57 Å². The second-order valence-corrected chi connectivity index (χ2v) is 10.00. The number of amides is 1. The molecule has 0 spiro atoms. The summed E-state index contributed by atoms with van der Waals surface area (Å²) in [5.41, 5.74) is 2.21.